The smallest absolute Gasteiger partial charge is 0.446 e. The van der Waals surface area contributed by atoms with Crippen LogP contribution in [0.5, 0.6) is 5.75 Å². The van der Waals surface area contributed by atoms with Crippen molar-refractivity contribution in [3.63, 3.8) is 0 Å². The summed E-state index contributed by atoms with van der Waals surface area (Å²) in [4.78, 5) is 159. The van der Waals surface area contributed by atoms with Crippen molar-refractivity contribution in [2.75, 3.05) is 6.54 Å². The summed E-state index contributed by atoms with van der Waals surface area (Å²) in [7, 11) is -4.86. The van der Waals surface area contributed by atoms with Crippen LogP contribution < -0.4 is 52.5 Å². The van der Waals surface area contributed by atoms with Gasteiger partial charge in [0.1, 0.15) is 60.1 Å². The molecule has 0 saturated carbocycles. The first kappa shape index (κ1) is 69.0. The predicted octanol–water partition coefficient (Wildman–Crippen LogP) is -1.57. The molecule has 2 aromatic carbocycles. The fraction of sp³-hybridized carbons (Fsp3) is 0.547. The number of carboxylic acid groups (broad SMARTS) is 3. The number of nitrogens with one attached hydrogen (secondary N) is 8. The van der Waals surface area contributed by atoms with Crippen LogP contribution in [-0.2, 0) is 80.8 Å². The fourth-order valence-corrected chi connectivity index (χ4v) is 8.89. The third-order valence-electron chi connectivity index (χ3n) is 13.3. The van der Waals surface area contributed by atoms with Crippen LogP contribution in [0.15, 0.2) is 54.6 Å². The molecular weight excluding hydrogens is 1110 g/mol. The molecule has 0 aromatic heterocycles. The molecule has 11 atom stereocenters. The van der Waals surface area contributed by atoms with E-state index in [1.165, 1.54) is 37.8 Å². The fourth-order valence-electron chi connectivity index (χ4n) is 8.54. The summed E-state index contributed by atoms with van der Waals surface area (Å²) in [5.41, 5.74) is 6.61. The Labute approximate surface area is 479 Å². The summed E-state index contributed by atoms with van der Waals surface area (Å²) in [6.45, 7) is 10.8. The van der Waals surface area contributed by atoms with Gasteiger partial charge in [-0.05, 0) is 81.5 Å². The standard InChI is InChI=1S/C53H76N10O19S/c1-8-28(4)43(62-46(70)31(7)56-48(72)36(20-21-41(64)65)58-49(73)38(24-32-13-10-9-11-14-32)60-47(71)35(54)26-42(66)67)52(76)63-22-12-15-40(63)51(75)57-29(5)44(68)55-30(6)45(69)59-37(50(74)61-39(53(77)78)23-27(2)3)25-33-16-18-34(19-17-33)82-83(79,80)81/h9-11,13-14,16-19,27-31,35-40,43H,8,12,15,20-26,54H2,1-7H3,(H,55,68)(H,56,72)(H,57,75)(H,58,73)(H,59,69)(H,60,71)(H,61,74)(H,62,70)(H,64,65)(H,66,67)(H,77,78)(H,79,80,81)/t28-,29-,30-,31-,35-,36-,37-,38-,39-,40-,43-/m0/s1. The third-order valence-corrected chi connectivity index (χ3v) is 13.7. The minimum Gasteiger partial charge on any atom is -0.481 e. The maximum atomic E-state index is 14.3. The summed E-state index contributed by atoms with van der Waals surface area (Å²) in [6.07, 6.45) is -1.44. The van der Waals surface area contributed by atoms with Crippen molar-refractivity contribution in [1.29, 1.82) is 0 Å². The average Bonchev–Trinajstić information content (AvgIpc) is 4.03. The van der Waals surface area contributed by atoms with Gasteiger partial charge in [0.25, 0.3) is 0 Å². The van der Waals surface area contributed by atoms with Gasteiger partial charge >= 0.3 is 28.3 Å². The topological polar surface area (TPSA) is 455 Å². The van der Waals surface area contributed by atoms with Crippen LogP contribution in [0.3, 0.4) is 0 Å². The monoisotopic (exact) mass is 1190 g/mol. The van der Waals surface area contributed by atoms with Gasteiger partial charge in [0.05, 0.1) is 12.5 Å². The Morgan fingerprint density at radius 3 is 1.61 bits per heavy atom. The van der Waals surface area contributed by atoms with E-state index in [-0.39, 0.29) is 43.9 Å². The van der Waals surface area contributed by atoms with Gasteiger partial charge in [0.15, 0.2) is 0 Å². The van der Waals surface area contributed by atoms with E-state index < -0.39 is 167 Å². The van der Waals surface area contributed by atoms with Crippen molar-refractivity contribution < 1.29 is 90.0 Å². The van der Waals surface area contributed by atoms with E-state index in [1.54, 1.807) is 58.0 Å². The molecule has 1 fully saturated rings. The number of amides is 9. The first-order valence-electron chi connectivity index (χ1n) is 26.8. The van der Waals surface area contributed by atoms with Crippen molar-refractivity contribution in [3.05, 3.63) is 65.7 Å². The number of hydrogen-bond acceptors (Lipinski definition) is 16. The maximum absolute atomic E-state index is 14.3. The van der Waals surface area contributed by atoms with E-state index in [0.29, 0.717) is 24.0 Å². The van der Waals surface area contributed by atoms with Gasteiger partial charge in [-0.3, -0.25) is 57.3 Å². The first-order valence-corrected chi connectivity index (χ1v) is 28.1. The van der Waals surface area contributed by atoms with Gasteiger partial charge < -0.3 is 72.7 Å². The second-order valence-electron chi connectivity index (χ2n) is 20.7. The van der Waals surface area contributed by atoms with E-state index in [0.717, 1.165) is 12.1 Å². The number of likely N-dealkylation sites (tertiary alicyclic amines) is 1. The third kappa shape index (κ3) is 23.3. The summed E-state index contributed by atoms with van der Waals surface area (Å²) in [5.74, 6) is -13.0. The molecule has 2 aromatic rings. The molecule has 1 aliphatic rings. The van der Waals surface area contributed by atoms with Crippen molar-refractivity contribution in [1.82, 2.24) is 47.4 Å². The van der Waals surface area contributed by atoms with Gasteiger partial charge in [-0.25, -0.2) is 4.79 Å². The minimum absolute atomic E-state index is 0.0375. The summed E-state index contributed by atoms with van der Waals surface area (Å²) in [5, 5.41) is 48.1. The Bertz CT molecular complexity index is 2770. The zero-order valence-electron chi connectivity index (χ0n) is 47.0. The maximum Gasteiger partial charge on any atom is 0.446 e. The van der Waals surface area contributed by atoms with Crippen LogP contribution in [0.1, 0.15) is 105 Å². The molecule has 29 nitrogen and oxygen atoms in total. The van der Waals surface area contributed by atoms with Gasteiger partial charge in [0.2, 0.25) is 53.2 Å². The number of nitrogens with zero attached hydrogens (tertiary/aromatic N) is 1. The van der Waals surface area contributed by atoms with Crippen LogP contribution in [0.4, 0.5) is 0 Å². The molecule has 14 N–H and O–H groups in total. The number of carbonyl (C=O) groups is 12. The molecule has 1 heterocycles. The zero-order chi connectivity index (χ0) is 62.5. The summed E-state index contributed by atoms with van der Waals surface area (Å²) in [6, 6.07) is -0.621. The molecule has 0 bridgehead atoms. The summed E-state index contributed by atoms with van der Waals surface area (Å²) >= 11 is 0. The lowest BCUT2D eigenvalue weighted by molar-refractivity contribution is -0.143. The number of benzene rings is 2. The zero-order valence-corrected chi connectivity index (χ0v) is 47.9. The molecule has 0 spiro atoms. The Morgan fingerprint density at radius 2 is 1.10 bits per heavy atom. The Morgan fingerprint density at radius 1 is 0.614 bits per heavy atom. The highest BCUT2D eigenvalue weighted by molar-refractivity contribution is 7.81. The van der Waals surface area contributed by atoms with Crippen LogP contribution in [-0.4, -0.2) is 171 Å². The van der Waals surface area contributed by atoms with Gasteiger partial charge in [0, 0.05) is 25.8 Å². The van der Waals surface area contributed by atoms with E-state index in [4.69, 9.17) is 15.4 Å². The summed E-state index contributed by atoms with van der Waals surface area (Å²) < 4.78 is 35.8. The quantitative estimate of drug-likeness (QED) is 0.0359. The average molecular weight is 1190 g/mol. The highest BCUT2D eigenvalue weighted by atomic mass is 32.3. The van der Waals surface area contributed by atoms with Crippen molar-refractivity contribution in [3.8, 4) is 5.75 Å². The number of aliphatic carboxylic acids is 3. The van der Waals surface area contributed by atoms with E-state index in [2.05, 4.69) is 46.7 Å². The van der Waals surface area contributed by atoms with Crippen LogP contribution in [0.25, 0.3) is 0 Å². The highest BCUT2D eigenvalue weighted by Gasteiger charge is 2.41. The lowest BCUT2D eigenvalue weighted by atomic mass is 9.97. The van der Waals surface area contributed by atoms with Crippen molar-refractivity contribution >= 4 is 81.5 Å². The first-order chi connectivity index (χ1) is 38.8. The molecule has 1 saturated heterocycles. The Balaban J connectivity index is 1.72. The molecule has 1 aliphatic heterocycles. The van der Waals surface area contributed by atoms with Gasteiger partial charge in [-0.2, -0.15) is 8.42 Å². The van der Waals surface area contributed by atoms with Crippen LogP contribution in [0, 0.1) is 11.8 Å². The van der Waals surface area contributed by atoms with E-state index in [9.17, 15) is 76.2 Å². The molecule has 458 valence electrons. The Hall–Kier alpha value is -8.25. The van der Waals surface area contributed by atoms with Crippen molar-refractivity contribution in [2.45, 2.75) is 167 Å². The normalized spacial score (nSPS) is 16.7. The second kappa shape index (κ2) is 32.4. The van der Waals surface area contributed by atoms with Gasteiger partial charge in [-0.1, -0.05) is 76.6 Å². The molecule has 0 radical (unpaired) electrons. The number of carbonyl (C=O) groups excluding carboxylic acids is 9. The number of nitrogens with two attached hydrogens (primary N) is 1. The van der Waals surface area contributed by atoms with Crippen molar-refractivity contribution in [2.24, 2.45) is 17.6 Å². The van der Waals surface area contributed by atoms with Gasteiger partial charge in [-0.15, -0.1) is 0 Å². The molecular formula is C53H76N10O19S. The minimum atomic E-state index is -4.86. The largest absolute Gasteiger partial charge is 0.481 e. The van der Waals surface area contributed by atoms with E-state index >= 15 is 0 Å². The second-order valence-corrected chi connectivity index (χ2v) is 21.7. The lowest BCUT2D eigenvalue weighted by Gasteiger charge is -2.32. The molecule has 9 amide bonds. The van der Waals surface area contributed by atoms with Crippen LogP contribution >= 0.6 is 0 Å². The molecule has 83 heavy (non-hydrogen) atoms. The van der Waals surface area contributed by atoms with E-state index in [1.807, 2.05) is 0 Å². The number of rotatable bonds is 33. The highest BCUT2D eigenvalue weighted by Crippen LogP contribution is 2.22. The predicted molar refractivity (Wildman–Crippen MR) is 293 cm³/mol. The number of carboxylic acids is 3. The Kier molecular flexibility index (Phi) is 26.9. The molecule has 30 heteroatoms. The number of hydrogen-bond donors (Lipinski definition) is 13. The lowest BCUT2D eigenvalue weighted by Crippen LogP contribution is -2.60. The molecule has 0 aliphatic carbocycles. The van der Waals surface area contributed by atoms with Crippen LogP contribution in [0.2, 0.25) is 0 Å². The SMILES string of the molecule is CC[C@H](C)[C@H](NC(=O)[C@H](C)NC(=O)[C@H](CCC(=O)O)NC(=O)[C@H](Cc1ccccc1)NC(=O)[C@@H](N)CC(=O)O)C(=O)N1CCC[C@H]1C(=O)N[C@@H](C)C(=O)N[C@@H](C)C(=O)N[C@@H](Cc1ccc(OS(=O)(=O)O)cc1)C(=O)N[C@@H](CC(C)C)C(=O)O. The molecule has 3 rings (SSSR count). The molecule has 0 unspecified atom stereocenters.